The molecule has 1 unspecified atom stereocenters. The first-order valence-corrected chi connectivity index (χ1v) is 11.5. The lowest BCUT2D eigenvalue weighted by Crippen LogP contribution is -2.46. The Balaban J connectivity index is 1.61. The number of fused-ring (bicyclic) bond motifs is 1. The number of nitrogens with one attached hydrogen (secondary N) is 2. The smallest absolute Gasteiger partial charge is 0.246 e. The molecule has 7 heteroatoms. The van der Waals surface area contributed by atoms with Crippen LogP contribution in [0.1, 0.15) is 39.0 Å². The zero-order valence-electron chi connectivity index (χ0n) is 16.7. The van der Waals surface area contributed by atoms with Gasteiger partial charge in [0.15, 0.2) is 11.5 Å². The summed E-state index contributed by atoms with van der Waals surface area (Å²) in [6, 6.07) is 4.82. The molecule has 1 saturated carbocycles. The van der Waals surface area contributed by atoms with Crippen LogP contribution in [0.5, 0.6) is 11.5 Å². The lowest BCUT2D eigenvalue weighted by molar-refractivity contribution is -0.130. The van der Waals surface area contributed by atoms with Gasteiger partial charge in [0, 0.05) is 17.7 Å². The zero-order chi connectivity index (χ0) is 19.9. The summed E-state index contributed by atoms with van der Waals surface area (Å²) in [6.45, 7) is 3.26. The number of thioether (sulfide) groups is 1. The third-order valence-electron chi connectivity index (χ3n) is 5.44. The summed E-state index contributed by atoms with van der Waals surface area (Å²) in [7, 11) is 0. The van der Waals surface area contributed by atoms with Gasteiger partial charge in [-0.3, -0.25) is 9.59 Å². The molecule has 2 N–H and O–H groups in total. The van der Waals surface area contributed by atoms with Crippen LogP contribution in [-0.2, 0) is 9.59 Å². The van der Waals surface area contributed by atoms with E-state index in [0.29, 0.717) is 42.7 Å². The van der Waals surface area contributed by atoms with Crippen LogP contribution in [0.2, 0.25) is 0 Å². The van der Waals surface area contributed by atoms with Crippen molar-refractivity contribution in [2.45, 2.75) is 45.1 Å². The molecule has 6 nitrogen and oxygen atoms in total. The van der Waals surface area contributed by atoms with Gasteiger partial charge in [0.2, 0.25) is 11.8 Å². The van der Waals surface area contributed by atoms with Crippen LogP contribution in [-0.4, -0.2) is 43.1 Å². The second kappa shape index (κ2) is 10.0. The van der Waals surface area contributed by atoms with Crippen LogP contribution in [0.3, 0.4) is 0 Å². The number of amides is 2. The molecular formula is C21H30N2O4S. The number of carbonyl (C=O) groups excluding carboxylic acids is 2. The summed E-state index contributed by atoms with van der Waals surface area (Å²) in [5.41, 5.74) is 0.643. The topological polar surface area (TPSA) is 76.7 Å². The number of ether oxygens (including phenoxy) is 2. The van der Waals surface area contributed by atoms with E-state index in [9.17, 15) is 9.59 Å². The molecule has 1 heterocycles. The molecule has 28 heavy (non-hydrogen) atoms. The minimum atomic E-state index is -0.535. The normalized spacial score (nSPS) is 22.2. The van der Waals surface area contributed by atoms with Gasteiger partial charge in [-0.1, -0.05) is 6.92 Å². The van der Waals surface area contributed by atoms with Crippen LogP contribution in [0.25, 0.3) is 0 Å². The molecule has 1 aromatic rings. The summed E-state index contributed by atoms with van der Waals surface area (Å²) < 4.78 is 11.1. The maximum atomic E-state index is 12.8. The minimum absolute atomic E-state index is 0.00956. The monoisotopic (exact) mass is 406 g/mol. The largest absolute Gasteiger partial charge is 0.486 e. The number of rotatable bonds is 7. The molecule has 1 aliphatic carbocycles. The van der Waals surface area contributed by atoms with Gasteiger partial charge in [-0.15, -0.1) is 0 Å². The Morgan fingerprint density at radius 3 is 2.57 bits per heavy atom. The van der Waals surface area contributed by atoms with Gasteiger partial charge in [0.1, 0.15) is 19.3 Å². The molecule has 154 valence electrons. The number of hydrogen-bond acceptors (Lipinski definition) is 5. The molecule has 1 aromatic carbocycles. The molecule has 0 radical (unpaired) electrons. The van der Waals surface area contributed by atoms with Crippen molar-refractivity contribution >= 4 is 29.3 Å². The quantitative estimate of drug-likeness (QED) is 0.725. The molecule has 2 amide bonds. The van der Waals surface area contributed by atoms with E-state index in [0.717, 1.165) is 31.4 Å². The summed E-state index contributed by atoms with van der Waals surface area (Å²) in [6.07, 6.45) is 6.58. The molecule has 0 saturated heterocycles. The molecule has 1 fully saturated rings. The standard InChI is InChI=1S/C21H30N2O4S/c1-14-3-5-15(6-4-14)20(24)23-17(9-12-28-2)21(25)22-16-7-8-18-19(13-16)27-11-10-26-18/h7-8,13-15,17H,3-6,9-12H2,1-2H3,(H,22,25)(H,23,24). The predicted octanol–water partition coefficient (Wildman–Crippen LogP) is 3.46. The van der Waals surface area contributed by atoms with E-state index in [-0.39, 0.29) is 17.7 Å². The fourth-order valence-corrected chi connectivity index (χ4v) is 4.14. The highest BCUT2D eigenvalue weighted by Crippen LogP contribution is 2.33. The molecule has 0 bridgehead atoms. The molecule has 2 aliphatic rings. The Morgan fingerprint density at radius 2 is 1.86 bits per heavy atom. The first-order chi connectivity index (χ1) is 13.6. The number of anilines is 1. The molecule has 1 aliphatic heterocycles. The van der Waals surface area contributed by atoms with Gasteiger partial charge in [-0.05, 0) is 62.2 Å². The Labute approximate surface area is 171 Å². The first kappa shape index (κ1) is 20.8. The first-order valence-electron chi connectivity index (χ1n) is 10.1. The van der Waals surface area contributed by atoms with Gasteiger partial charge in [0.05, 0.1) is 0 Å². The van der Waals surface area contributed by atoms with Crippen molar-refractivity contribution in [1.29, 1.82) is 0 Å². The van der Waals surface area contributed by atoms with Crippen LogP contribution >= 0.6 is 11.8 Å². The van der Waals surface area contributed by atoms with Gasteiger partial charge in [-0.25, -0.2) is 0 Å². The van der Waals surface area contributed by atoms with E-state index in [1.807, 2.05) is 6.26 Å². The highest BCUT2D eigenvalue weighted by molar-refractivity contribution is 7.98. The summed E-state index contributed by atoms with van der Waals surface area (Å²) in [4.78, 5) is 25.5. The fourth-order valence-electron chi connectivity index (χ4n) is 3.67. The Morgan fingerprint density at radius 1 is 1.14 bits per heavy atom. The summed E-state index contributed by atoms with van der Waals surface area (Å²) in [5, 5.41) is 5.92. The molecule has 1 atom stereocenters. The van der Waals surface area contributed by atoms with Crippen LogP contribution in [0, 0.1) is 11.8 Å². The third-order valence-corrected chi connectivity index (χ3v) is 6.08. The van der Waals surface area contributed by atoms with Crippen molar-refractivity contribution in [3.05, 3.63) is 18.2 Å². The summed E-state index contributed by atoms with van der Waals surface area (Å²) >= 11 is 1.67. The van der Waals surface area contributed by atoms with Gasteiger partial charge < -0.3 is 20.1 Å². The number of hydrogen-bond donors (Lipinski definition) is 2. The Hall–Kier alpha value is -1.89. The van der Waals surface area contributed by atoms with Gasteiger partial charge >= 0.3 is 0 Å². The van der Waals surface area contributed by atoms with E-state index in [1.54, 1.807) is 30.0 Å². The van der Waals surface area contributed by atoms with Crippen LogP contribution in [0.4, 0.5) is 5.69 Å². The Kier molecular flexibility index (Phi) is 7.48. The van der Waals surface area contributed by atoms with Crippen molar-refractivity contribution in [3.63, 3.8) is 0 Å². The number of carbonyl (C=O) groups is 2. The SMILES string of the molecule is CSCCC(NC(=O)C1CCC(C)CC1)C(=O)Nc1ccc2c(c1)OCCO2. The van der Waals surface area contributed by atoms with Crippen molar-refractivity contribution in [2.75, 3.05) is 30.5 Å². The van der Waals surface area contributed by atoms with E-state index in [1.165, 1.54) is 0 Å². The van der Waals surface area contributed by atoms with Crippen molar-refractivity contribution in [2.24, 2.45) is 11.8 Å². The van der Waals surface area contributed by atoms with E-state index < -0.39 is 6.04 Å². The molecular weight excluding hydrogens is 376 g/mol. The zero-order valence-corrected chi connectivity index (χ0v) is 17.5. The fraction of sp³-hybridized carbons (Fsp3) is 0.619. The Bertz CT molecular complexity index is 689. The third kappa shape index (κ3) is 5.56. The number of benzene rings is 1. The van der Waals surface area contributed by atoms with E-state index in [2.05, 4.69) is 17.6 Å². The average molecular weight is 407 g/mol. The summed E-state index contributed by atoms with van der Waals surface area (Å²) in [5.74, 6) is 2.65. The average Bonchev–Trinajstić information content (AvgIpc) is 2.71. The maximum absolute atomic E-state index is 12.8. The van der Waals surface area contributed by atoms with E-state index in [4.69, 9.17) is 9.47 Å². The molecule has 3 rings (SSSR count). The lowest BCUT2D eigenvalue weighted by atomic mass is 9.82. The van der Waals surface area contributed by atoms with Crippen molar-refractivity contribution in [1.82, 2.24) is 5.32 Å². The lowest BCUT2D eigenvalue weighted by Gasteiger charge is -2.27. The highest BCUT2D eigenvalue weighted by Gasteiger charge is 2.28. The van der Waals surface area contributed by atoms with Crippen LogP contribution in [0.15, 0.2) is 18.2 Å². The highest BCUT2D eigenvalue weighted by atomic mass is 32.2. The van der Waals surface area contributed by atoms with Crippen molar-refractivity contribution < 1.29 is 19.1 Å². The minimum Gasteiger partial charge on any atom is -0.486 e. The van der Waals surface area contributed by atoms with Crippen molar-refractivity contribution in [3.8, 4) is 11.5 Å². The van der Waals surface area contributed by atoms with Gasteiger partial charge in [0.25, 0.3) is 0 Å². The molecule has 0 spiro atoms. The predicted molar refractivity (Wildman–Crippen MR) is 112 cm³/mol. The molecule has 0 aromatic heterocycles. The van der Waals surface area contributed by atoms with E-state index >= 15 is 0 Å². The van der Waals surface area contributed by atoms with Crippen LogP contribution < -0.4 is 20.1 Å². The van der Waals surface area contributed by atoms with Gasteiger partial charge in [-0.2, -0.15) is 11.8 Å². The second-order valence-corrected chi connectivity index (χ2v) is 8.63. The maximum Gasteiger partial charge on any atom is 0.246 e. The second-order valence-electron chi connectivity index (χ2n) is 7.65.